The van der Waals surface area contributed by atoms with E-state index < -0.39 is 0 Å². The number of thiol groups is 1. The normalized spacial score (nSPS) is 10.7. The molecule has 0 aliphatic carbocycles. The van der Waals surface area contributed by atoms with Gasteiger partial charge in [0.25, 0.3) is 0 Å². The summed E-state index contributed by atoms with van der Waals surface area (Å²) in [5.41, 5.74) is 2.56. The fourth-order valence-electron chi connectivity index (χ4n) is 3.11. The Hall–Kier alpha value is -3.78. The van der Waals surface area contributed by atoms with Crippen molar-refractivity contribution in [2.45, 2.75) is 11.8 Å². The Bertz CT molecular complexity index is 1280. The van der Waals surface area contributed by atoms with Crippen LogP contribution in [0.4, 0.5) is 5.69 Å². The van der Waals surface area contributed by atoms with Gasteiger partial charge in [-0.25, -0.2) is 15.0 Å². The van der Waals surface area contributed by atoms with Crippen molar-refractivity contribution in [2.75, 3.05) is 7.11 Å². The number of nitrogens with zero attached hydrogens (tertiary/aromatic N) is 4. The van der Waals surface area contributed by atoms with Crippen molar-refractivity contribution in [3.8, 4) is 45.7 Å². The lowest BCUT2D eigenvalue weighted by Crippen LogP contribution is -2.01. The lowest BCUT2D eigenvalue weighted by Gasteiger charge is -2.12. The van der Waals surface area contributed by atoms with Crippen LogP contribution >= 0.6 is 12.6 Å². The Balaban J connectivity index is 1.98. The average molecular weight is 430 g/mol. The zero-order chi connectivity index (χ0) is 22.0. The van der Waals surface area contributed by atoms with Crippen LogP contribution in [0.1, 0.15) is 5.56 Å². The van der Waals surface area contributed by atoms with Gasteiger partial charge in [-0.1, -0.05) is 36.4 Å². The number of methoxy groups -OCH3 is 1. The van der Waals surface area contributed by atoms with Gasteiger partial charge in [0.1, 0.15) is 17.2 Å². The summed E-state index contributed by atoms with van der Waals surface area (Å²) in [7, 11) is 1.52. The predicted molar refractivity (Wildman–Crippen MR) is 122 cm³/mol. The van der Waals surface area contributed by atoms with Crippen molar-refractivity contribution in [2.24, 2.45) is 5.18 Å². The topological polar surface area (TPSA) is 97.6 Å². The van der Waals surface area contributed by atoms with Gasteiger partial charge in [-0.2, -0.15) is 0 Å². The van der Waals surface area contributed by atoms with Crippen molar-refractivity contribution in [3.63, 3.8) is 0 Å². The summed E-state index contributed by atoms with van der Waals surface area (Å²) >= 11 is 4.42. The van der Waals surface area contributed by atoms with Crippen LogP contribution in [0, 0.1) is 11.8 Å². The molecule has 0 atom stereocenters. The van der Waals surface area contributed by atoms with Crippen molar-refractivity contribution in [1.29, 1.82) is 0 Å². The Morgan fingerprint density at radius 3 is 2.19 bits per heavy atom. The molecule has 0 bridgehead atoms. The molecular formula is C23H18N4O3S. The highest BCUT2D eigenvalue weighted by atomic mass is 32.1. The average Bonchev–Trinajstić information content (AvgIpc) is 2.80. The van der Waals surface area contributed by atoms with E-state index in [0.29, 0.717) is 27.6 Å². The maximum atomic E-state index is 11.6. The number of rotatable bonds is 5. The Morgan fingerprint density at radius 2 is 1.55 bits per heavy atom. The molecule has 0 spiro atoms. The second kappa shape index (κ2) is 8.53. The highest BCUT2D eigenvalue weighted by Crippen LogP contribution is 2.38. The van der Waals surface area contributed by atoms with E-state index in [2.05, 4.69) is 32.8 Å². The third kappa shape index (κ3) is 3.97. The Morgan fingerprint density at radius 1 is 0.903 bits per heavy atom. The molecular weight excluding hydrogens is 412 g/mol. The minimum atomic E-state index is -0.0389. The summed E-state index contributed by atoms with van der Waals surface area (Å²) in [6.07, 6.45) is 0. The molecule has 1 aromatic heterocycles. The van der Waals surface area contributed by atoms with Crippen molar-refractivity contribution < 1.29 is 9.84 Å². The second-order valence-corrected chi connectivity index (χ2v) is 7.22. The van der Waals surface area contributed by atoms with Gasteiger partial charge >= 0.3 is 0 Å². The number of ether oxygens (including phenoxy) is 1. The predicted octanol–water partition coefficient (Wildman–Crippen LogP) is 5.58. The fraction of sp³-hybridized carbons (Fsp3) is 0.0870. The highest BCUT2D eigenvalue weighted by Gasteiger charge is 2.19. The summed E-state index contributed by atoms with van der Waals surface area (Å²) in [5, 5.41) is 13.7. The number of hydrogen-bond acceptors (Lipinski definition) is 8. The lowest BCUT2D eigenvalue weighted by atomic mass is 10.1. The highest BCUT2D eigenvalue weighted by molar-refractivity contribution is 7.80. The minimum absolute atomic E-state index is 0.0389. The molecule has 31 heavy (non-hydrogen) atoms. The third-order valence-electron chi connectivity index (χ3n) is 4.80. The molecule has 0 saturated heterocycles. The number of aromatic nitrogens is 3. The molecule has 4 aromatic rings. The standard InChI is InChI=1S/C23H18N4O3S/c1-13-8-10-17(19(27-29)20(13)31)23-25-21(14-6-4-3-5-7-14)24-22(26-23)16-11-9-15(30-2)12-18(16)28/h3-12,28,31H,1-2H3. The van der Waals surface area contributed by atoms with Crippen LogP contribution in [0.25, 0.3) is 34.2 Å². The maximum absolute atomic E-state index is 11.6. The molecule has 4 rings (SSSR count). The molecule has 154 valence electrons. The van der Waals surface area contributed by atoms with E-state index in [-0.39, 0.29) is 23.1 Å². The number of aryl methyl sites for hydroxylation is 1. The van der Waals surface area contributed by atoms with Gasteiger partial charge in [0.05, 0.1) is 12.7 Å². The van der Waals surface area contributed by atoms with Gasteiger partial charge in [0, 0.05) is 22.1 Å². The number of phenolic OH excluding ortho intramolecular Hbond substituents is 1. The zero-order valence-electron chi connectivity index (χ0n) is 16.8. The summed E-state index contributed by atoms with van der Waals surface area (Å²) in [4.78, 5) is 25.7. The van der Waals surface area contributed by atoms with E-state index in [1.807, 2.05) is 43.3 Å². The molecule has 0 aliphatic heterocycles. The van der Waals surface area contributed by atoms with Gasteiger partial charge in [-0.3, -0.25) is 0 Å². The summed E-state index contributed by atoms with van der Waals surface area (Å²) in [6, 6.07) is 17.8. The first-order valence-electron chi connectivity index (χ1n) is 9.37. The van der Waals surface area contributed by atoms with Crippen LogP contribution in [0.5, 0.6) is 11.5 Å². The molecule has 0 fully saturated rings. The molecule has 8 heteroatoms. The van der Waals surface area contributed by atoms with Gasteiger partial charge in [0.2, 0.25) is 0 Å². The second-order valence-electron chi connectivity index (χ2n) is 6.77. The van der Waals surface area contributed by atoms with E-state index in [9.17, 15) is 10.0 Å². The van der Waals surface area contributed by atoms with Crippen molar-refractivity contribution in [3.05, 3.63) is 71.1 Å². The quantitative estimate of drug-likeness (QED) is 0.317. The number of benzene rings is 3. The van der Waals surface area contributed by atoms with E-state index in [0.717, 1.165) is 11.1 Å². The van der Waals surface area contributed by atoms with Crippen LogP contribution in [0.3, 0.4) is 0 Å². The molecule has 3 aromatic carbocycles. The Labute approximate surface area is 184 Å². The number of nitroso groups, excluding NO2 is 1. The van der Waals surface area contributed by atoms with Gasteiger partial charge in [-0.05, 0) is 35.9 Å². The molecule has 7 nitrogen and oxygen atoms in total. The van der Waals surface area contributed by atoms with E-state index in [1.54, 1.807) is 18.2 Å². The van der Waals surface area contributed by atoms with Crippen LogP contribution in [0.15, 0.2) is 70.7 Å². The number of hydrogen-bond donors (Lipinski definition) is 2. The van der Waals surface area contributed by atoms with Crippen molar-refractivity contribution in [1.82, 2.24) is 15.0 Å². The molecule has 1 heterocycles. The van der Waals surface area contributed by atoms with E-state index in [1.165, 1.54) is 13.2 Å². The summed E-state index contributed by atoms with van der Waals surface area (Å²) in [5.74, 6) is 1.37. The zero-order valence-corrected chi connectivity index (χ0v) is 17.7. The SMILES string of the molecule is COc1ccc(-c2nc(-c3ccccc3)nc(-c3ccc(C)c(S)c3N=O)n2)c(O)c1. The van der Waals surface area contributed by atoms with Gasteiger partial charge in [0.15, 0.2) is 17.5 Å². The van der Waals surface area contributed by atoms with Crippen LogP contribution in [0.2, 0.25) is 0 Å². The van der Waals surface area contributed by atoms with Crippen LogP contribution in [-0.2, 0) is 0 Å². The molecule has 0 radical (unpaired) electrons. The smallest absolute Gasteiger partial charge is 0.167 e. The maximum Gasteiger partial charge on any atom is 0.167 e. The first kappa shape index (κ1) is 20.5. The first-order valence-corrected chi connectivity index (χ1v) is 9.81. The van der Waals surface area contributed by atoms with Crippen LogP contribution < -0.4 is 4.74 Å². The molecule has 0 unspecified atom stereocenters. The number of aromatic hydroxyl groups is 1. The fourth-order valence-corrected chi connectivity index (χ4v) is 3.35. The molecule has 0 saturated carbocycles. The monoisotopic (exact) mass is 430 g/mol. The van der Waals surface area contributed by atoms with Gasteiger partial charge in [-0.15, -0.1) is 17.5 Å². The Kier molecular flexibility index (Phi) is 5.64. The number of phenols is 1. The molecule has 0 aliphatic rings. The van der Waals surface area contributed by atoms with Crippen molar-refractivity contribution >= 4 is 18.3 Å². The third-order valence-corrected chi connectivity index (χ3v) is 5.36. The van der Waals surface area contributed by atoms with E-state index in [4.69, 9.17) is 4.74 Å². The van der Waals surface area contributed by atoms with Gasteiger partial charge < -0.3 is 9.84 Å². The van der Waals surface area contributed by atoms with E-state index >= 15 is 0 Å². The molecule has 0 amide bonds. The molecule has 1 N–H and O–H groups in total. The minimum Gasteiger partial charge on any atom is -0.507 e. The summed E-state index contributed by atoms with van der Waals surface area (Å²) in [6.45, 7) is 1.84. The summed E-state index contributed by atoms with van der Waals surface area (Å²) < 4.78 is 5.16. The largest absolute Gasteiger partial charge is 0.507 e. The lowest BCUT2D eigenvalue weighted by molar-refractivity contribution is 0.408. The van der Waals surface area contributed by atoms with Crippen LogP contribution in [-0.4, -0.2) is 27.2 Å². The first-order chi connectivity index (χ1) is 15.0.